The number of nitrogens with zero attached hydrogens (tertiary/aromatic N) is 4. The van der Waals surface area contributed by atoms with Crippen LogP contribution in [-0.2, 0) is 11.3 Å². The van der Waals surface area contributed by atoms with Crippen molar-refractivity contribution in [1.82, 2.24) is 19.7 Å². The molecule has 0 unspecified atom stereocenters. The number of aromatic nitrogens is 1. The molecule has 0 spiro atoms. The summed E-state index contributed by atoms with van der Waals surface area (Å²) in [7, 11) is 5.82. The number of ketones is 1. The first-order chi connectivity index (χ1) is 15.3. The number of hydrogen-bond donors (Lipinski definition) is 2. The van der Waals surface area contributed by atoms with Gasteiger partial charge in [-0.15, -0.1) is 0 Å². The Balaban J connectivity index is 2.16. The first-order valence-electron chi connectivity index (χ1n) is 10.8. The molecule has 1 aromatic carbocycles. The summed E-state index contributed by atoms with van der Waals surface area (Å²) in [6.07, 6.45) is -1.04. The number of Topliss-reactive ketones (excluding diaryl/α,β-unsaturated/α-hetero) is 1. The van der Waals surface area contributed by atoms with Gasteiger partial charge in [0.05, 0.1) is 24.0 Å². The maximum Gasteiger partial charge on any atom is 0.408 e. The molecule has 0 aliphatic carbocycles. The van der Waals surface area contributed by atoms with E-state index < -0.39 is 17.3 Å². The van der Waals surface area contributed by atoms with Crippen molar-refractivity contribution in [1.29, 1.82) is 0 Å². The molecule has 0 atom stereocenters. The van der Waals surface area contributed by atoms with E-state index in [1.165, 1.54) is 4.90 Å². The summed E-state index contributed by atoms with van der Waals surface area (Å²) in [5.41, 5.74) is 0.551. The summed E-state index contributed by atoms with van der Waals surface area (Å²) < 4.78 is 5.30. The van der Waals surface area contributed by atoms with Gasteiger partial charge in [0.2, 0.25) is 0 Å². The number of benzene rings is 1. The molecule has 0 aliphatic heterocycles. The smallest absolute Gasteiger partial charge is 0.408 e. The third-order valence-corrected chi connectivity index (χ3v) is 5.35. The van der Waals surface area contributed by atoms with E-state index in [2.05, 4.69) is 10.3 Å². The van der Waals surface area contributed by atoms with Crippen molar-refractivity contribution < 1.29 is 19.1 Å². The molecule has 10 heteroatoms. The first-order valence-corrected chi connectivity index (χ1v) is 10.8. The highest BCUT2D eigenvalue weighted by atomic mass is 16.4. The molecule has 0 fully saturated rings. The molecule has 33 heavy (non-hydrogen) atoms. The van der Waals surface area contributed by atoms with Crippen LogP contribution in [0.2, 0.25) is 0 Å². The molecule has 0 saturated carbocycles. The van der Waals surface area contributed by atoms with E-state index in [-0.39, 0.29) is 31.4 Å². The SMILES string of the molecule is Cc1c(CN(C(=O)O)C(C)(C)C)ccc2nc(NCC(=O)CN(C)CCN(C)C)oc(=O)c12. The van der Waals surface area contributed by atoms with Crippen molar-refractivity contribution in [2.75, 3.05) is 52.6 Å². The normalized spacial score (nSPS) is 11.9. The van der Waals surface area contributed by atoms with E-state index in [0.29, 0.717) is 22.0 Å². The van der Waals surface area contributed by atoms with Crippen LogP contribution in [0, 0.1) is 6.92 Å². The number of nitrogens with one attached hydrogen (secondary N) is 1. The molecule has 1 amide bonds. The van der Waals surface area contributed by atoms with Gasteiger partial charge in [0.15, 0.2) is 5.78 Å². The van der Waals surface area contributed by atoms with Crippen LogP contribution in [0.15, 0.2) is 21.3 Å². The van der Waals surface area contributed by atoms with Crippen LogP contribution in [0.25, 0.3) is 10.9 Å². The highest BCUT2D eigenvalue weighted by Gasteiger charge is 2.27. The number of anilines is 1. The number of carbonyl (C=O) groups excluding carboxylic acids is 1. The number of amides is 1. The van der Waals surface area contributed by atoms with E-state index in [0.717, 1.165) is 13.1 Å². The summed E-state index contributed by atoms with van der Waals surface area (Å²) in [5.74, 6) is -0.0525. The summed E-state index contributed by atoms with van der Waals surface area (Å²) in [4.78, 5) is 46.2. The van der Waals surface area contributed by atoms with Gasteiger partial charge in [-0.25, -0.2) is 9.59 Å². The molecule has 10 nitrogen and oxygen atoms in total. The van der Waals surface area contributed by atoms with Crippen molar-refractivity contribution in [2.24, 2.45) is 0 Å². The van der Waals surface area contributed by atoms with Gasteiger partial charge in [-0.05, 0) is 66.0 Å². The Labute approximate surface area is 194 Å². The van der Waals surface area contributed by atoms with Crippen LogP contribution < -0.4 is 10.9 Å². The Kier molecular flexibility index (Phi) is 8.57. The lowest BCUT2D eigenvalue weighted by Crippen LogP contribution is -2.44. The first kappa shape index (κ1) is 26.3. The maximum atomic E-state index is 12.7. The Morgan fingerprint density at radius 2 is 1.82 bits per heavy atom. The fourth-order valence-corrected chi connectivity index (χ4v) is 3.35. The van der Waals surface area contributed by atoms with Crippen LogP contribution >= 0.6 is 0 Å². The highest BCUT2D eigenvalue weighted by molar-refractivity contribution is 5.85. The van der Waals surface area contributed by atoms with Crippen LogP contribution in [0.3, 0.4) is 0 Å². The van der Waals surface area contributed by atoms with Gasteiger partial charge >= 0.3 is 11.7 Å². The summed E-state index contributed by atoms with van der Waals surface area (Å²) in [6, 6.07) is 3.41. The standard InChI is InChI=1S/C23H35N5O5/c1-15-16(13-28(22(31)32)23(2,3)4)8-9-18-19(15)20(30)33-21(25-18)24-12-17(29)14-27(7)11-10-26(5)6/h8-9H,10-14H2,1-7H3,(H,24,25)(H,31,32). The zero-order valence-corrected chi connectivity index (χ0v) is 20.6. The number of hydrogen-bond acceptors (Lipinski definition) is 8. The molecular formula is C23H35N5O5. The average molecular weight is 462 g/mol. The molecule has 2 rings (SSSR count). The average Bonchev–Trinajstić information content (AvgIpc) is 2.68. The lowest BCUT2D eigenvalue weighted by molar-refractivity contribution is -0.118. The predicted octanol–water partition coefficient (Wildman–Crippen LogP) is 2.25. The molecule has 2 N–H and O–H groups in total. The van der Waals surface area contributed by atoms with E-state index in [1.54, 1.807) is 19.1 Å². The molecular weight excluding hydrogens is 426 g/mol. The summed E-state index contributed by atoms with van der Waals surface area (Å²) in [6.45, 7) is 9.19. The van der Waals surface area contributed by atoms with Gasteiger partial charge in [0.1, 0.15) is 0 Å². The van der Waals surface area contributed by atoms with Gasteiger partial charge in [-0.1, -0.05) is 6.07 Å². The summed E-state index contributed by atoms with van der Waals surface area (Å²) in [5, 5.41) is 12.7. The topological polar surface area (TPSA) is 119 Å². The fourth-order valence-electron chi connectivity index (χ4n) is 3.35. The largest absolute Gasteiger partial charge is 0.465 e. The highest BCUT2D eigenvalue weighted by Crippen LogP contribution is 2.24. The van der Waals surface area contributed by atoms with Crippen molar-refractivity contribution >= 4 is 28.8 Å². The second-order valence-corrected chi connectivity index (χ2v) is 9.52. The number of likely N-dealkylation sites (N-methyl/N-ethyl adjacent to an activating group) is 2. The molecule has 1 aromatic heterocycles. The van der Waals surface area contributed by atoms with Crippen molar-refractivity contribution in [3.63, 3.8) is 0 Å². The quantitative estimate of drug-likeness (QED) is 0.549. The number of rotatable bonds is 10. The fraction of sp³-hybridized carbons (Fsp3) is 0.565. The van der Waals surface area contributed by atoms with Gasteiger partial charge in [-0.3, -0.25) is 14.6 Å². The minimum Gasteiger partial charge on any atom is -0.465 e. The predicted molar refractivity (Wildman–Crippen MR) is 128 cm³/mol. The van der Waals surface area contributed by atoms with Gasteiger partial charge in [0, 0.05) is 25.2 Å². The van der Waals surface area contributed by atoms with E-state index in [9.17, 15) is 19.5 Å². The lowest BCUT2D eigenvalue weighted by atomic mass is 10.0. The molecule has 0 saturated heterocycles. The minimum atomic E-state index is -1.04. The number of carbonyl (C=O) groups is 2. The molecule has 2 aromatic rings. The van der Waals surface area contributed by atoms with Crippen LogP contribution in [-0.4, -0.2) is 89.5 Å². The minimum absolute atomic E-state index is 0.00995. The maximum absolute atomic E-state index is 12.7. The molecule has 0 aliphatic rings. The zero-order valence-electron chi connectivity index (χ0n) is 20.6. The van der Waals surface area contributed by atoms with E-state index in [4.69, 9.17) is 4.42 Å². The monoisotopic (exact) mass is 461 g/mol. The third-order valence-electron chi connectivity index (χ3n) is 5.35. The second kappa shape index (κ2) is 10.8. The molecule has 0 radical (unpaired) electrons. The van der Waals surface area contributed by atoms with Crippen LogP contribution in [0.1, 0.15) is 31.9 Å². The number of carboxylic acid groups (broad SMARTS) is 1. The molecule has 0 bridgehead atoms. The third kappa shape index (κ3) is 7.26. The Bertz CT molecular complexity index is 1060. The number of aryl methyl sites for hydroxylation is 1. The van der Waals surface area contributed by atoms with Crippen molar-refractivity contribution in [3.05, 3.63) is 33.7 Å². The van der Waals surface area contributed by atoms with E-state index in [1.807, 2.05) is 51.7 Å². The molecule has 182 valence electrons. The Morgan fingerprint density at radius 3 is 2.39 bits per heavy atom. The Morgan fingerprint density at radius 1 is 1.15 bits per heavy atom. The van der Waals surface area contributed by atoms with Crippen molar-refractivity contribution in [3.8, 4) is 0 Å². The van der Waals surface area contributed by atoms with Gasteiger partial charge in [0.25, 0.3) is 6.01 Å². The van der Waals surface area contributed by atoms with Crippen LogP contribution in [0.4, 0.5) is 10.8 Å². The lowest BCUT2D eigenvalue weighted by Gasteiger charge is -2.33. The second-order valence-electron chi connectivity index (χ2n) is 9.52. The molecule has 1 heterocycles. The van der Waals surface area contributed by atoms with Crippen LogP contribution in [0.5, 0.6) is 0 Å². The van der Waals surface area contributed by atoms with Gasteiger partial charge < -0.3 is 19.7 Å². The van der Waals surface area contributed by atoms with Crippen molar-refractivity contribution in [2.45, 2.75) is 39.8 Å². The van der Waals surface area contributed by atoms with E-state index >= 15 is 0 Å². The zero-order chi connectivity index (χ0) is 24.9. The number of fused-ring (bicyclic) bond motifs is 1. The summed E-state index contributed by atoms with van der Waals surface area (Å²) >= 11 is 0. The Hall–Kier alpha value is -2.98. The van der Waals surface area contributed by atoms with Gasteiger partial charge in [-0.2, -0.15) is 4.98 Å².